The molecule has 4 aromatic rings. The quantitative estimate of drug-likeness (QED) is 0.459. The standard InChI is InChI=1S/C21H23N5OS2/c1-3-10-24-19(27)16-6-4-5-7-17(16)26-20(24)22-25(21(26)28)13-23-11-8-18-15(14(23)2)9-12-29-18/h4-7,9,12,14H,3,8,10-11,13H2,1-2H3. The van der Waals surface area contributed by atoms with E-state index in [1.54, 1.807) is 4.57 Å². The smallest absolute Gasteiger partial charge is 0.262 e. The number of aromatic nitrogens is 4. The summed E-state index contributed by atoms with van der Waals surface area (Å²) in [6.45, 7) is 6.53. The summed E-state index contributed by atoms with van der Waals surface area (Å²) in [4.78, 5) is 16.9. The molecule has 1 aromatic carbocycles. The molecule has 0 aliphatic carbocycles. The van der Waals surface area contributed by atoms with Gasteiger partial charge in [0.25, 0.3) is 5.56 Å². The molecular formula is C21H23N5OS2. The molecule has 0 fully saturated rings. The molecule has 0 saturated heterocycles. The first-order valence-corrected chi connectivity index (χ1v) is 11.3. The monoisotopic (exact) mass is 425 g/mol. The Bertz CT molecular complexity index is 1330. The van der Waals surface area contributed by atoms with Crippen LogP contribution >= 0.6 is 23.6 Å². The van der Waals surface area contributed by atoms with Crippen LogP contribution in [0.3, 0.4) is 0 Å². The molecule has 1 unspecified atom stereocenters. The summed E-state index contributed by atoms with van der Waals surface area (Å²) in [7, 11) is 0. The van der Waals surface area contributed by atoms with Crippen LogP contribution in [0.15, 0.2) is 40.5 Å². The first kappa shape index (κ1) is 18.7. The fourth-order valence-electron chi connectivity index (χ4n) is 4.31. The minimum Gasteiger partial charge on any atom is -0.277 e. The molecule has 0 radical (unpaired) electrons. The summed E-state index contributed by atoms with van der Waals surface area (Å²) < 4.78 is 6.21. The predicted octanol–water partition coefficient (Wildman–Crippen LogP) is 4.23. The molecule has 1 aliphatic rings. The van der Waals surface area contributed by atoms with E-state index in [0.717, 1.165) is 24.9 Å². The van der Waals surface area contributed by atoms with Gasteiger partial charge < -0.3 is 0 Å². The molecule has 3 aromatic heterocycles. The molecule has 0 amide bonds. The highest BCUT2D eigenvalue weighted by molar-refractivity contribution is 7.71. The fourth-order valence-corrected chi connectivity index (χ4v) is 5.55. The number of rotatable bonds is 4. The van der Waals surface area contributed by atoms with Crippen LogP contribution in [0.5, 0.6) is 0 Å². The molecule has 0 saturated carbocycles. The first-order chi connectivity index (χ1) is 14.1. The zero-order valence-corrected chi connectivity index (χ0v) is 18.2. The van der Waals surface area contributed by atoms with Crippen molar-refractivity contribution in [3.05, 3.63) is 61.3 Å². The van der Waals surface area contributed by atoms with Crippen LogP contribution < -0.4 is 5.56 Å². The Morgan fingerprint density at radius 1 is 1.28 bits per heavy atom. The van der Waals surface area contributed by atoms with Gasteiger partial charge in [-0.3, -0.25) is 18.7 Å². The number of aryl methyl sites for hydroxylation is 1. The predicted molar refractivity (Wildman–Crippen MR) is 119 cm³/mol. The highest BCUT2D eigenvalue weighted by Crippen LogP contribution is 2.33. The van der Waals surface area contributed by atoms with Crippen molar-refractivity contribution >= 4 is 40.2 Å². The van der Waals surface area contributed by atoms with Crippen LogP contribution in [0.1, 0.15) is 36.8 Å². The zero-order valence-electron chi connectivity index (χ0n) is 16.5. The number of hydrogen-bond acceptors (Lipinski definition) is 5. The average molecular weight is 426 g/mol. The van der Waals surface area contributed by atoms with Crippen LogP contribution in [0.2, 0.25) is 0 Å². The van der Waals surface area contributed by atoms with Crippen LogP contribution in [0.25, 0.3) is 16.7 Å². The van der Waals surface area contributed by atoms with E-state index >= 15 is 0 Å². The summed E-state index contributed by atoms with van der Waals surface area (Å²) in [5, 5.41) is 7.67. The van der Waals surface area contributed by atoms with Crippen molar-refractivity contribution < 1.29 is 0 Å². The molecule has 0 spiro atoms. The third kappa shape index (κ3) is 2.89. The lowest BCUT2D eigenvalue weighted by Crippen LogP contribution is -2.35. The maximum absolute atomic E-state index is 13.1. The number of hydrogen-bond donors (Lipinski definition) is 0. The second kappa shape index (κ2) is 7.19. The third-order valence-corrected chi connectivity index (χ3v) is 7.24. The summed E-state index contributed by atoms with van der Waals surface area (Å²) in [5.74, 6) is 0.626. The topological polar surface area (TPSA) is 47.5 Å². The number of benzene rings is 1. The van der Waals surface area contributed by atoms with Gasteiger partial charge in [0.1, 0.15) is 0 Å². The fraction of sp³-hybridized carbons (Fsp3) is 0.381. The molecule has 6 nitrogen and oxygen atoms in total. The van der Waals surface area contributed by atoms with E-state index in [1.807, 2.05) is 44.7 Å². The molecule has 4 heterocycles. The third-order valence-electron chi connectivity index (χ3n) is 5.85. The van der Waals surface area contributed by atoms with Crippen molar-refractivity contribution in [2.24, 2.45) is 0 Å². The van der Waals surface area contributed by atoms with Gasteiger partial charge in [0.15, 0.2) is 0 Å². The first-order valence-electron chi connectivity index (χ1n) is 10.0. The highest BCUT2D eigenvalue weighted by Gasteiger charge is 2.26. The Hall–Kier alpha value is -2.29. The minimum atomic E-state index is -0.00337. The molecule has 8 heteroatoms. The van der Waals surface area contributed by atoms with Crippen LogP contribution in [0.4, 0.5) is 0 Å². The van der Waals surface area contributed by atoms with Gasteiger partial charge in [-0.2, -0.15) is 0 Å². The van der Waals surface area contributed by atoms with Crippen LogP contribution in [0, 0.1) is 4.77 Å². The molecule has 0 bridgehead atoms. The Morgan fingerprint density at radius 3 is 2.93 bits per heavy atom. The lowest BCUT2D eigenvalue weighted by Gasteiger charge is -2.33. The van der Waals surface area contributed by atoms with Crippen molar-refractivity contribution in [1.82, 2.24) is 23.6 Å². The van der Waals surface area contributed by atoms with Gasteiger partial charge in [0, 0.05) is 24.0 Å². The van der Waals surface area contributed by atoms with E-state index in [2.05, 4.69) is 30.2 Å². The maximum atomic E-state index is 13.1. The molecular weight excluding hydrogens is 402 g/mol. The van der Waals surface area contributed by atoms with Gasteiger partial charge in [-0.1, -0.05) is 19.1 Å². The molecule has 0 N–H and O–H groups in total. The lowest BCUT2D eigenvalue weighted by molar-refractivity contribution is 0.144. The van der Waals surface area contributed by atoms with Crippen molar-refractivity contribution in [2.75, 3.05) is 6.54 Å². The van der Waals surface area contributed by atoms with Crippen molar-refractivity contribution in [2.45, 2.75) is 45.9 Å². The summed E-state index contributed by atoms with van der Waals surface area (Å²) in [6.07, 6.45) is 1.92. The van der Waals surface area contributed by atoms with Crippen LogP contribution in [-0.2, 0) is 19.6 Å². The van der Waals surface area contributed by atoms with E-state index in [1.165, 1.54) is 10.4 Å². The summed E-state index contributed by atoms with van der Waals surface area (Å²) >= 11 is 7.68. The van der Waals surface area contributed by atoms with Gasteiger partial charge in [-0.25, -0.2) is 4.68 Å². The Labute approximate surface area is 177 Å². The lowest BCUT2D eigenvalue weighted by atomic mass is 10.0. The number of nitrogens with zero attached hydrogens (tertiary/aromatic N) is 5. The van der Waals surface area contributed by atoms with E-state index in [0.29, 0.717) is 35.2 Å². The van der Waals surface area contributed by atoms with E-state index in [-0.39, 0.29) is 5.56 Å². The van der Waals surface area contributed by atoms with Crippen molar-refractivity contribution in [3.63, 3.8) is 0 Å². The van der Waals surface area contributed by atoms with E-state index < -0.39 is 0 Å². The molecule has 1 aliphatic heterocycles. The zero-order chi connectivity index (χ0) is 20.1. The van der Waals surface area contributed by atoms with Gasteiger partial charge in [-0.15, -0.1) is 16.4 Å². The number of fused-ring (bicyclic) bond motifs is 4. The normalized spacial score (nSPS) is 17.2. The van der Waals surface area contributed by atoms with Crippen LogP contribution in [-0.4, -0.2) is 30.2 Å². The Kier molecular flexibility index (Phi) is 4.64. The molecule has 5 rings (SSSR count). The molecule has 29 heavy (non-hydrogen) atoms. The summed E-state index contributed by atoms with van der Waals surface area (Å²) in [5.41, 5.74) is 2.23. The largest absolute Gasteiger partial charge is 0.277 e. The van der Waals surface area contributed by atoms with Gasteiger partial charge in [0.2, 0.25) is 10.5 Å². The second-order valence-electron chi connectivity index (χ2n) is 7.57. The molecule has 1 atom stereocenters. The summed E-state index contributed by atoms with van der Waals surface area (Å²) in [6, 6.07) is 10.2. The molecule has 150 valence electrons. The maximum Gasteiger partial charge on any atom is 0.262 e. The Morgan fingerprint density at radius 2 is 2.10 bits per heavy atom. The SMILES string of the molecule is CCCn1c(=O)c2ccccc2n2c(=S)n(CN3CCc4sccc4C3C)nc12. The van der Waals surface area contributed by atoms with Crippen molar-refractivity contribution in [3.8, 4) is 0 Å². The van der Waals surface area contributed by atoms with Crippen molar-refractivity contribution in [1.29, 1.82) is 0 Å². The number of thiophene rings is 1. The van der Waals surface area contributed by atoms with Gasteiger partial charge in [0.05, 0.1) is 17.6 Å². The van der Waals surface area contributed by atoms with E-state index in [4.69, 9.17) is 17.3 Å². The Balaban J connectivity index is 1.66. The van der Waals surface area contributed by atoms with Gasteiger partial charge >= 0.3 is 0 Å². The number of para-hydroxylation sites is 1. The van der Waals surface area contributed by atoms with E-state index in [9.17, 15) is 4.79 Å². The highest BCUT2D eigenvalue weighted by atomic mass is 32.1. The second-order valence-corrected chi connectivity index (χ2v) is 8.94. The van der Waals surface area contributed by atoms with Gasteiger partial charge in [-0.05, 0) is 61.1 Å². The average Bonchev–Trinajstić information content (AvgIpc) is 3.33. The minimum absolute atomic E-state index is 0.00337.